The Bertz CT molecular complexity index is 634. The van der Waals surface area contributed by atoms with Gasteiger partial charge in [-0.15, -0.1) is 0 Å². The fourth-order valence-corrected chi connectivity index (χ4v) is 2.29. The van der Waals surface area contributed by atoms with Crippen molar-refractivity contribution in [1.29, 1.82) is 0 Å². The van der Waals surface area contributed by atoms with E-state index in [1.54, 1.807) is 0 Å². The molecule has 0 saturated carbocycles. The molecule has 118 valence electrons. The van der Waals surface area contributed by atoms with Gasteiger partial charge in [0.2, 0.25) is 5.95 Å². The number of nitrogens with two attached hydrogens (primary N) is 1. The van der Waals surface area contributed by atoms with Crippen molar-refractivity contribution >= 4 is 23.4 Å². The molecule has 0 aliphatic carbocycles. The van der Waals surface area contributed by atoms with Crippen LogP contribution in [0.15, 0.2) is 24.3 Å². The van der Waals surface area contributed by atoms with Crippen molar-refractivity contribution in [2.45, 2.75) is 20.3 Å². The molecule has 5 nitrogen and oxygen atoms in total. The predicted molar refractivity (Wildman–Crippen MR) is 91.2 cm³/mol. The lowest BCUT2D eigenvalue weighted by Crippen LogP contribution is -2.09. The Morgan fingerprint density at radius 2 is 2.14 bits per heavy atom. The van der Waals surface area contributed by atoms with Crippen molar-refractivity contribution in [1.82, 2.24) is 9.97 Å². The van der Waals surface area contributed by atoms with E-state index in [0.717, 1.165) is 43.0 Å². The van der Waals surface area contributed by atoms with Crippen LogP contribution in [0.1, 0.15) is 18.9 Å². The van der Waals surface area contributed by atoms with Crippen LogP contribution in [0.25, 0.3) is 11.3 Å². The van der Waals surface area contributed by atoms with Gasteiger partial charge in [-0.1, -0.05) is 23.7 Å². The van der Waals surface area contributed by atoms with Crippen LogP contribution in [-0.4, -0.2) is 29.7 Å². The van der Waals surface area contributed by atoms with E-state index in [1.807, 2.05) is 38.1 Å². The van der Waals surface area contributed by atoms with Gasteiger partial charge >= 0.3 is 0 Å². The first-order chi connectivity index (χ1) is 10.6. The number of nitrogens with zero attached hydrogens (tertiary/aromatic N) is 2. The van der Waals surface area contributed by atoms with E-state index in [4.69, 9.17) is 22.1 Å². The summed E-state index contributed by atoms with van der Waals surface area (Å²) < 4.78 is 5.31. The molecule has 1 aromatic carbocycles. The molecule has 0 spiro atoms. The summed E-state index contributed by atoms with van der Waals surface area (Å²) in [6.07, 6.45) is 0.906. The van der Waals surface area contributed by atoms with Gasteiger partial charge in [0.25, 0.3) is 0 Å². The van der Waals surface area contributed by atoms with Crippen LogP contribution in [0.2, 0.25) is 5.02 Å². The third-order valence-electron chi connectivity index (χ3n) is 3.26. The lowest BCUT2D eigenvalue weighted by molar-refractivity contribution is 0.147. The minimum Gasteiger partial charge on any atom is -0.382 e. The van der Waals surface area contributed by atoms with Crippen molar-refractivity contribution in [3.63, 3.8) is 0 Å². The maximum atomic E-state index is 6.17. The Hall–Kier alpha value is -1.85. The molecule has 0 fully saturated rings. The Labute approximate surface area is 135 Å². The summed E-state index contributed by atoms with van der Waals surface area (Å²) in [6, 6.07) is 7.62. The SMILES string of the molecule is CCOCCCNc1cc(-c2cccc(Cl)c2C)nc(N)n1. The molecule has 0 aliphatic rings. The van der Waals surface area contributed by atoms with Crippen molar-refractivity contribution in [2.75, 3.05) is 30.8 Å². The molecule has 1 heterocycles. The topological polar surface area (TPSA) is 73.1 Å². The number of hydrogen-bond donors (Lipinski definition) is 2. The summed E-state index contributed by atoms with van der Waals surface area (Å²) >= 11 is 6.17. The summed E-state index contributed by atoms with van der Waals surface area (Å²) in [5, 5.41) is 3.95. The van der Waals surface area contributed by atoms with Crippen LogP contribution in [-0.2, 0) is 4.74 Å². The zero-order valence-electron chi connectivity index (χ0n) is 12.9. The van der Waals surface area contributed by atoms with Crippen molar-refractivity contribution in [2.24, 2.45) is 0 Å². The van der Waals surface area contributed by atoms with E-state index >= 15 is 0 Å². The summed E-state index contributed by atoms with van der Waals surface area (Å²) in [7, 11) is 0. The summed E-state index contributed by atoms with van der Waals surface area (Å²) in [4.78, 5) is 8.52. The number of nitrogens with one attached hydrogen (secondary N) is 1. The number of hydrogen-bond acceptors (Lipinski definition) is 5. The predicted octanol–water partition coefficient (Wildman–Crippen LogP) is 3.53. The molecule has 2 rings (SSSR count). The van der Waals surface area contributed by atoms with E-state index in [9.17, 15) is 0 Å². The molecule has 2 aromatic rings. The molecule has 0 aliphatic heterocycles. The highest BCUT2D eigenvalue weighted by atomic mass is 35.5. The maximum absolute atomic E-state index is 6.17. The summed E-state index contributed by atoms with van der Waals surface area (Å²) in [6.45, 7) is 6.18. The molecule has 0 atom stereocenters. The van der Waals surface area contributed by atoms with Gasteiger partial charge in [0.1, 0.15) is 5.82 Å². The van der Waals surface area contributed by atoms with Crippen LogP contribution in [0, 0.1) is 6.92 Å². The monoisotopic (exact) mass is 320 g/mol. The van der Waals surface area contributed by atoms with Gasteiger partial charge in [-0.3, -0.25) is 0 Å². The van der Waals surface area contributed by atoms with E-state index in [1.165, 1.54) is 0 Å². The maximum Gasteiger partial charge on any atom is 0.222 e. The van der Waals surface area contributed by atoms with Crippen LogP contribution in [0.3, 0.4) is 0 Å². The number of halogens is 1. The van der Waals surface area contributed by atoms with Crippen molar-refractivity contribution in [3.05, 3.63) is 34.9 Å². The highest BCUT2D eigenvalue weighted by molar-refractivity contribution is 6.31. The second kappa shape index (κ2) is 7.96. The zero-order chi connectivity index (χ0) is 15.9. The highest BCUT2D eigenvalue weighted by Crippen LogP contribution is 2.28. The van der Waals surface area contributed by atoms with Crippen molar-refractivity contribution < 1.29 is 4.74 Å². The fourth-order valence-electron chi connectivity index (χ4n) is 2.11. The molecule has 6 heteroatoms. The largest absolute Gasteiger partial charge is 0.382 e. The Kier molecular flexibility index (Phi) is 5.98. The van der Waals surface area contributed by atoms with Gasteiger partial charge in [0.15, 0.2) is 0 Å². The molecule has 0 bridgehead atoms. The third kappa shape index (κ3) is 4.32. The van der Waals surface area contributed by atoms with Gasteiger partial charge in [-0.05, 0) is 31.9 Å². The average Bonchev–Trinajstić information content (AvgIpc) is 2.49. The summed E-state index contributed by atoms with van der Waals surface area (Å²) in [5.41, 5.74) is 8.51. The van der Waals surface area contributed by atoms with Crippen LogP contribution in [0.4, 0.5) is 11.8 Å². The Morgan fingerprint density at radius 3 is 2.91 bits per heavy atom. The lowest BCUT2D eigenvalue weighted by atomic mass is 10.1. The van der Waals surface area contributed by atoms with Gasteiger partial charge < -0.3 is 15.8 Å². The van der Waals surface area contributed by atoms with Gasteiger partial charge in [0, 0.05) is 36.4 Å². The van der Waals surface area contributed by atoms with Gasteiger partial charge in [-0.25, -0.2) is 4.98 Å². The van der Waals surface area contributed by atoms with Crippen LogP contribution >= 0.6 is 11.6 Å². The fraction of sp³-hybridized carbons (Fsp3) is 0.375. The number of aromatic nitrogens is 2. The molecule has 1 aromatic heterocycles. The second-order valence-corrected chi connectivity index (χ2v) is 5.29. The number of anilines is 2. The Morgan fingerprint density at radius 1 is 1.32 bits per heavy atom. The number of ether oxygens (including phenoxy) is 1. The molecule has 0 amide bonds. The first kappa shape index (κ1) is 16.5. The number of benzene rings is 1. The highest BCUT2D eigenvalue weighted by Gasteiger charge is 2.09. The van der Waals surface area contributed by atoms with E-state index < -0.39 is 0 Å². The van der Waals surface area contributed by atoms with E-state index in [-0.39, 0.29) is 5.95 Å². The lowest BCUT2D eigenvalue weighted by Gasteiger charge is -2.11. The Balaban J connectivity index is 2.14. The third-order valence-corrected chi connectivity index (χ3v) is 3.67. The molecule has 22 heavy (non-hydrogen) atoms. The molecular formula is C16H21ClN4O. The zero-order valence-corrected chi connectivity index (χ0v) is 13.7. The molecule has 3 N–H and O–H groups in total. The van der Waals surface area contributed by atoms with Gasteiger partial charge in [0.05, 0.1) is 5.69 Å². The normalized spacial score (nSPS) is 10.7. The molecule has 0 unspecified atom stereocenters. The van der Waals surface area contributed by atoms with E-state index in [2.05, 4.69) is 15.3 Å². The van der Waals surface area contributed by atoms with Crippen LogP contribution in [0.5, 0.6) is 0 Å². The van der Waals surface area contributed by atoms with Crippen molar-refractivity contribution in [3.8, 4) is 11.3 Å². The number of nitrogen functional groups attached to an aromatic ring is 1. The number of rotatable bonds is 7. The first-order valence-electron chi connectivity index (χ1n) is 7.33. The standard InChI is InChI=1S/C16H21ClN4O/c1-3-22-9-5-8-19-15-10-14(20-16(18)21-15)12-6-4-7-13(17)11(12)2/h4,6-7,10H,3,5,8-9H2,1-2H3,(H3,18,19,20,21). The quantitative estimate of drug-likeness (QED) is 0.763. The van der Waals surface area contributed by atoms with E-state index in [0.29, 0.717) is 10.8 Å². The molecule has 0 radical (unpaired) electrons. The molecule has 0 saturated heterocycles. The minimum atomic E-state index is 0.240. The minimum absolute atomic E-state index is 0.240. The smallest absolute Gasteiger partial charge is 0.222 e. The van der Waals surface area contributed by atoms with Crippen LogP contribution < -0.4 is 11.1 Å². The average molecular weight is 321 g/mol. The second-order valence-electron chi connectivity index (χ2n) is 4.89. The van der Waals surface area contributed by atoms with Gasteiger partial charge in [-0.2, -0.15) is 4.98 Å². The summed E-state index contributed by atoms with van der Waals surface area (Å²) in [5.74, 6) is 0.947. The molecular weight excluding hydrogens is 300 g/mol. The first-order valence-corrected chi connectivity index (χ1v) is 7.71.